The van der Waals surface area contributed by atoms with Gasteiger partial charge in [0.05, 0.1) is 0 Å². The van der Waals surface area contributed by atoms with E-state index in [2.05, 4.69) is 0 Å². The van der Waals surface area contributed by atoms with Gasteiger partial charge in [0.25, 0.3) is 0 Å². The highest BCUT2D eigenvalue weighted by Crippen LogP contribution is 2.39. The number of carbonyl (C=O) groups excluding carboxylic acids is 4. The third-order valence-corrected chi connectivity index (χ3v) is 2.92. The molecule has 0 aliphatic carbocycles. The van der Waals surface area contributed by atoms with Gasteiger partial charge in [0.1, 0.15) is 12.2 Å². The van der Waals surface area contributed by atoms with E-state index in [0.717, 1.165) is 27.7 Å². The van der Waals surface area contributed by atoms with Crippen molar-refractivity contribution in [3.05, 3.63) is 0 Å². The Hall–Kier alpha value is -2.64. The topological polar surface area (TPSA) is 135 Å². The van der Waals surface area contributed by atoms with Crippen LogP contribution in [-0.2, 0) is 42.9 Å². The quantitative estimate of drug-likeness (QED) is 0.283. The van der Waals surface area contributed by atoms with E-state index in [0.29, 0.717) is 0 Å². The molecule has 1 aliphatic rings. The molecule has 1 N–H and O–H groups in total. The summed E-state index contributed by atoms with van der Waals surface area (Å²) in [6.45, 7) is 4.01. The number of hydrogen-bond acceptors (Lipinski definition) is 10. The smallest absolute Gasteiger partial charge is 0.420 e. The average Bonchev–Trinajstić information content (AvgIpc) is 2.70. The van der Waals surface area contributed by atoms with Gasteiger partial charge in [-0.1, -0.05) is 5.92 Å². The predicted octanol–water partition coefficient (Wildman–Crippen LogP) is -0.977. The van der Waals surface area contributed by atoms with E-state index < -0.39 is 54.3 Å². The summed E-state index contributed by atoms with van der Waals surface area (Å²) in [5.41, 5.74) is 0. The van der Waals surface area contributed by atoms with Crippen molar-refractivity contribution in [3.8, 4) is 12.3 Å². The molecular weight excluding hydrogens is 340 g/mol. The van der Waals surface area contributed by atoms with E-state index in [1.165, 1.54) is 0 Å². The fourth-order valence-corrected chi connectivity index (χ4v) is 2.26. The molecule has 25 heavy (non-hydrogen) atoms. The van der Waals surface area contributed by atoms with E-state index >= 15 is 0 Å². The first-order valence-corrected chi connectivity index (χ1v) is 7.08. The SMILES string of the molecule is C#CC(O)[C@@H]1OC(OC(C)=O)(OC(C)=O)C(OC(C)=O)C1OC(C)=O. The van der Waals surface area contributed by atoms with Gasteiger partial charge in [-0.3, -0.25) is 23.9 Å². The standard InChI is InChI=1S/C15H18O10/c1-6-11(20)12-13(21-7(2)16)14(22-8(3)17)15(25-12,23-9(4)18)24-10(5)19/h1,11-14,20H,2-5H3/t11?,12-,13?,14?/m0/s1. The number of esters is 4. The fraction of sp³-hybridized carbons (Fsp3) is 0.600. The maximum atomic E-state index is 11.4. The molecule has 10 nitrogen and oxygen atoms in total. The molecule has 0 aromatic heterocycles. The Balaban J connectivity index is 3.45. The van der Waals surface area contributed by atoms with Gasteiger partial charge in [-0.2, -0.15) is 0 Å². The van der Waals surface area contributed by atoms with Crippen molar-refractivity contribution in [1.29, 1.82) is 0 Å². The number of terminal acetylenes is 1. The maximum absolute atomic E-state index is 11.4. The van der Waals surface area contributed by atoms with Crippen molar-refractivity contribution < 1.29 is 48.0 Å². The summed E-state index contributed by atoms with van der Waals surface area (Å²) < 4.78 is 25.1. The highest BCUT2D eigenvalue weighted by molar-refractivity contribution is 5.70. The van der Waals surface area contributed by atoms with E-state index in [9.17, 15) is 24.3 Å². The number of ether oxygens (including phenoxy) is 5. The van der Waals surface area contributed by atoms with Crippen molar-refractivity contribution >= 4 is 23.9 Å². The normalized spacial score (nSPS) is 25.2. The van der Waals surface area contributed by atoms with Crippen LogP contribution in [0.1, 0.15) is 27.7 Å². The second kappa shape index (κ2) is 7.96. The van der Waals surface area contributed by atoms with Crippen LogP contribution in [0.3, 0.4) is 0 Å². The first-order chi connectivity index (χ1) is 11.5. The third-order valence-electron chi connectivity index (χ3n) is 2.92. The molecule has 0 radical (unpaired) electrons. The van der Waals surface area contributed by atoms with Crippen LogP contribution in [0.25, 0.3) is 0 Å². The second-order valence-corrected chi connectivity index (χ2v) is 5.09. The van der Waals surface area contributed by atoms with Crippen LogP contribution in [0.4, 0.5) is 0 Å². The average molecular weight is 358 g/mol. The lowest BCUT2D eigenvalue weighted by Gasteiger charge is -2.31. The van der Waals surface area contributed by atoms with Crippen LogP contribution in [0, 0.1) is 12.3 Å². The molecule has 0 amide bonds. The molecule has 10 heteroatoms. The molecule has 0 aromatic rings. The molecule has 1 saturated heterocycles. The molecule has 0 bridgehead atoms. The van der Waals surface area contributed by atoms with Gasteiger partial charge in [0.2, 0.25) is 6.10 Å². The van der Waals surface area contributed by atoms with Gasteiger partial charge < -0.3 is 24.1 Å². The lowest BCUT2D eigenvalue weighted by atomic mass is 10.1. The van der Waals surface area contributed by atoms with Crippen molar-refractivity contribution in [1.82, 2.24) is 0 Å². The highest BCUT2D eigenvalue weighted by atomic mass is 16.9. The molecule has 1 rings (SSSR count). The Morgan fingerprint density at radius 1 is 1.00 bits per heavy atom. The largest absolute Gasteiger partial charge is 0.455 e. The molecule has 0 saturated carbocycles. The zero-order valence-electron chi connectivity index (χ0n) is 14.0. The number of carbonyl (C=O) groups is 4. The predicted molar refractivity (Wildman–Crippen MR) is 77.1 cm³/mol. The van der Waals surface area contributed by atoms with Crippen LogP contribution in [0.5, 0.6) is 0 Å². The summed E-state index contributed by atoms with van der Waals surface area (Å²) in [5, 5.41) is 9.92. The lowest BCUT2D eigenvalue weighted by Crippen LogP contribution is -2.52. The van der Waals surface area contributed by atoms with E-state index in [1.807, 2.05) is 5.92 Å². The number of hydrogen-bond donors (Lipinski definition) is 1. The summed E-state index contributed by atoms with van der Waals surface area (Å²) in [6.07, 6.45) is -1.24. The van der Waals surface area contributed by atoms with Crippen molar-refractivity contribution in [2.45, 2.75) is 58.1 Å². The highest BCUT2D eigenvalue weighted by Gasteiger charge is 2.66. The minimum atomic E-state index is -2.58. The van der Waals surface area contributed by atoms with Crippen molar-refractivity contribution in [2.75, 3.05) is 0 Å². The van der Waals surface area contributed by atoms with Gasteiger partial charge in [0.15, 0.2) is 6.10 Å². The summed E-state index contributed by atoms with van der Waals surface area (Å²) in [5.74, 6) is -4.27. The molecule has 0 spiro atoms. The molecule has 1 fully saturated rings. The van der Waals surface area contributed by atoms with Gasteiger partial charge in [-0.25, -0.2) is 0 Å². The Bertz CT molecular complexity index is 588. The van der Waals surface area contributed by atoms with Gasteiger partial charge in [0, 0.05) is 27.7 Å². The summed E-state index contributed by atoms with van der Waals surface area (Å²) >= 11 is 0. The van der Waals surface area contributed by atoms with E-state index in [1.54, 1.807) is 0 Å². The third kappa shape index (κ3) is 4.91. The minimum Gasteiger partial charge on any atom is -0.455 e. The fourth-order valence-electron chi connectivity index (χ4n) is 2.26. The molecule has 3 unspecified atom stereocenters. The van der Waals surface area contributed by atoms with Gasteiger partial charge >= 0.3 is 29.9 Å². The lowest BCUT2D eigenvalue weighted by molar-refractivity contribution is -0.362. The van der Waals surface area contributed by atoms with Crippen molar-refractivity contribution in [2.24, 2.45) is 0 Å². The maximum Gasteiger partial charge on any atom is 0.420 e. The van der Waals surface area contributed by atoms with Gasteiger partial charge in [-0.15, -0.1) is 6.42 Å². The van der Waals surface area contributed by atoms with Crippen LogP contribution < -0.4 is 0 Å². The Morgan fingerprint density at radius 2 is 1.48 bits per heavy atom. The van der Waals surface area contributed by atoms with Crippen LogP contribution >= 0.6 is 0 Å². The number of rotatable bonds is 5. The molecule has 0 aromatic carbocycles. The summed E-state index contributed by atoms with van der Waals surface area (Å²) in [6, 6.07) is 0. The molecular formula is C15H18O10. The Morgan fingerprint density at radius 3 is 1.84 bits per heavy atom. The zero-order chi connectivity index (χ0) is 19.4. The first-order valence-electron chi connectivity index (χ1n) is 7.08. The molecule has 1 aliphatic heterocycles. The second-order valence-electron chi connectivity index (χ2n) is 5.09. The molecule has 138 valence electrons. The molecule has 4 atom stereocenters. The zero-order valence-corrected chi connectivity index (χ0v) is 14.0. The summed E-state index contributed by atoms with van der Waals surface area (Å²) in [4.78, 5) is 45.7. The minimum absolute atomic E-state index is 0.832. The van der Waals surface area contributed by atoms with Crippen LogP contribution in [-0.4, -0.2) is 59.4 Å². The monoisotopic (exact) mass is 358 g/mol. The van der Waals surface area contributed by atoms with Crippen LogP contribution in [0.15, 0.2) is 0 Å². The van der Waals surface area contributed by atoms with Crippen LogP contribution in [0.2, 0.25) is 0 Å². The number of aliphatic hydroxyl groups is 1. The first kappa shape index (κ1) is 20.4. The summed E-state index contributed by atoms with van der Waals surface area (Å²) in [7, 11) is 0. The Kier molecular flexibility index (Phi) is 6.49. The number of aliphatic hydroxyl groups excluding tert-OH is 1. The van der Waals surface area contributed by atoms with E-state index in [4.69, 9.17) is 30.1 Å². The van der Waals surface area contributed by atoms with E-state index in [-0.39, 0.29) is 0 Å². The molecule has 1 heterocycles. The Labute approximate surface area is 143 Å². The van der Waals surface area contributed by atoms with Gasteiger partial charge in [-0.05, 0) is 0 Å². The van der Waals surface area contributed by atoms with Crippen molar-refractivity contribution in [3.63, 3.8) is 0 Å².